The lowest BCUT2D eigenvalue weighted by Gasteiger charge is -2.12. The number of halogens is 1. The van der Waals surface area contributed by atoms with Gasteiger partial charge in [0, 0.05) is 30.1 Å². The Labute approximate surface area is 208 Å². The minimum Gasteiger partial charge on any atom is -0.497 e. The zero-order valence-electron chi connectivity index (χ0n) is 19.3. The number of pyridine rings is 1. The summed E-state index contributed by atoms with van der Waals surface area (Å²) in [7, 11) is 1.59. The number of aromatic nitrogens is 2. The molecule has 0 aliphatic rings. The van der Waals surface area contributed by atoms with Crippen LogP contribution in [0.2, 0.25) is 5.15 Å². The summed E-state index contributed by atoms with van der Waals surface area (Å²) >= 11 is 5.98. The van der Waals surface area contributed by atoms with E-state index in [-0.39, 0.29) is 17.5 Å². The maximum absolute atomic E-state index is 13.2. The van der Waals surface area contributed by atoms with Crippen LogP contribution >= 0.6 is 11.6 Å². The standard InChI is InChI=1S/C27H24ClN3O4/c1-3-35-27(33)25-24(30-26(32)20-13-14-29-23(28)15-20)22(19-9-11-21(34-2)12-10-19)17-31(25)16-18-7-5-4-6-8-18/h4-15,17H,3,16H2,1-2H3,(H,30,32). The predicted molar refractivity (Wildman–Crippen MR) is 135 cm³/mol. The molecule has 8 heteroatoms. The molecule has 4 rings (SSSR count). The lowest BCUT2D eigenvalue weighted by Crippen LogP contribution is -2.18. The van der Waals surface area contributed by atoms with Gasteiger partial charge in [0.05, 0.1) is 19.4 Å². The SMILES string of the molecule is CCOC(=O)c1c(NC(=O)c2ccnc(Cl)c2)c(-c2ccc(OC)cc2)cn1Cc1ccccc1. The third-order valence-corrected chi connectivity index (χ3v) is 5.58. The molecule has 4 aromatic rings. The molecule has 7 nitrogen and oxygen atoms in total. The maximum Gasteiger partial charge on any atom is 0.357 e. The van der Waals surface area contributed by atoms with Gasteiger partial charge in [-0.15, -0.1) is 0 Å². The van der Waals surface area contributed by atoms with Crippen molar-refractivity contribution in [2.45, 2.75) is 13.5 Å². The summed E-state index contributed by atoms with van der Waals surface area (Å²) in [5, 5.41) is 3.11. The summed E-state index contributed by atoms with van der Waals surface area (Å²) in [5.41, 5.74) is 3.37. The number of esters is 1. The van der Waals surface area contributed by atoms with Gasteiger partial charge in [0.25, 0.3) is 5.91 Å². The van der Waals surface area contributed by atoms with E-state index in [9.17, 15) is 9.59 Å². The number of hydrogen-bond acceptors (Lipinski definition) is 5. The van der Waals surface area contributed by atoms with Gasteiger partial charge in [-0.1, -0.05) is 54.1 Å². The van der Waals surface area contributed by atoms with Crippen LogP contribution in [-0.4, -0.2) is 35.1 Å². The molecule has 2 aromatic carbocycles. The van der Waals surface area contributed by atoms with Crippen LogP contribution in [0.1, 0.15) is 33.3 Å². The van der Waals surface area contributed by atoms with Gasteiger partial charge in [-0.2, -0.15) is 0 Å². The van der Waals surface area contributed by atoms with Crippen molar-refractivity contribution in [3.8, 4) is 16.9 Å². The number of hydrogen-bond donors (Lipinski definition) is 1. The number of carbonyl (C=O) groups excluding carboxylic acids is 2. The Hall–Kier alpha value is -4.10. The molecule has 0 atom stereocenters. The van der Waals surface area contributed by atoms with Crippen LogP contribution in [-0.2, 0) is 11.3 Å². The quantitative estimate of drug-likeness (QED) is 0.254. The van der Waals surface area contributed by atoms with Crippen molar-refractivity contribution in [2.24, 2.45) is 0 Å². The Morgan fingerprint density at radius 1 is 1.06 bits per heavy atom. The molecule has 1 amide bonds. The molecule has 0 saturated carbocycles. The molecule has 0 spiro atoms. The van der Waals surface area contributed by atoms with Crippen LogP contribution in [0.3, 0.4) is 0 Å². The van der Waals surface area contributed by atoms with Gasteiger partial charge in [-0.3, -0.25) is 4.79 Å². The fraction of sp³-hybridized carbons (Fsp3) is 0.148. The second kappa shape index (κ2) is 10.9. The van der Waals surface area contributed by atoms with E-state index in [2.05, 4.69) is 10.3 Å². The summed E-state index contributed by atoms with van der Waals surface area (Å²) in [6.45, 7) is 2.35. The molecule has 0 unspecified atom stereocenters. The summed E-state index contributed by atoms with van der Waals surface area (Å²) in [5.74, 6) is -0.265. The molecule has 0 aliphatic heterocycles. The molecular weight excluding hydrogens is 466 g/mol. The Balaban J connectivity index is 1.86. The lowest BCUT2D eigenvalue weighted by molar-refractivity contribution is 0.0515. The van der Waals surface area contributed by atoms with Crippen molar-refractivity contribution in [1.82, 2.24) is 9.55 Å². The Morgan fingerprint density at radius 2 is 1.80 bits per heavy atom. The minimum atomic E-state index is -0.536. The first-order valence-corrected chi connectivity index (χ1v) is 11.4. The minimum absolute atomic E-state index is 0.195. The van der Waals surface area contributed by atoms with Crippen LogP contribution in [0.4, 0.5) is 5.69 Å². The van der Waals surface area contributed by atoms with Crippen molar-refractivity contribution < 1.29 is 19.1 Å². The molecule has 1 N–H and O–H groups in total. The van der Waals surface area contributed by atoms with Crippen LogP contribution < -0.4 is 10.1 Å². The Bertz CT molecular complexity index is 1330. The maximum atomic E-state index is 13.2. The molecule has 0 radical (unpaired) electrons. The number of benzene rings is 2. The summed E-state index contributed by atoms with van der Waals surface area (Å²) in [4.78, 5) is 30.2. The summed E-state index contributed by atoms with van der Waals surface area (Å²) in [6.07, 6.45) is 3.30. The smallest absolute Gasteiger partial charge is 0.357 e. The number of nitrogens with one attached hydrogen (secondary N) is 1. The first-order valence-electron chi connectivity index (χ1n) is 11.0. The number of anilines is 1. The monoisotopic (exact) mass is 489 g/mol. The van der Waals surface area contributed by atoms with E-state index in [0.717, 1.165) is 11.1 Å². The van der Waals surface area contributed by atoms with E-state index in [1.165, 1.54) is 12.3 Å². The van der Waals surface area contributed by atoms with Crippen molar-refractivity contribution in [2.75, 3.05) is 19.0 Å². The molecule has 2 aromatic heterocycles. The fourth-order valence-corrected chi connectivity index (χ4v) is 3.90. The number of amides is 1. The first kappa shape index (κ1) is 24.0. The average molecular weight is 490 g/mol. The van der Waals surface area contributed by atoms with E-state index in [1.54, 1.807) is 24.7 Å². The van der Waals surface area contributed by atoms with Crippen molar-refractivity contribution in [3.05, 3.63) is 101 Å². The number of rotatable bonds is 8. The highest BCUT2D eigenvalue weighted by molar-refractivity contribution is 6.29. The second-order valence-electron chi connectivity index (χ2n) is 7.65. The van der Waals surface area contributed by atoms with Crippen LogP contribution in [0.5, 0.6) is 5.75 Å². The van der Waals surface area contributed by atoms with Gasteiger partial charge in [0.15, 0.2) is 5.69 Å². The van der Waals surface area contributed by atoms with Gasteiger partial charge >= 0.3 is 5.97 Å². The normalized spacial score (nSPS) is 10.6. The number of ether oxygens (including phenoxy) is 2. The highest BCUT2D eigenvalue weighted by atomic mass is 35.5. The van der Waals surface area contributed by atoms with E-state index in [4.69, 9.17) is 21.1 Å². The second-order valence-corrected chi connectivity index (χ2v) is 8.04. The molecule has 0 saturated heterocycles. The molecule has 2 heterocycles. The zero-order valence-corrected chi connectivity index (χ0v) is 20.1. The average Bonchev–Trinajstić information content (AvgIpc) is 3.22. The van der Waals surface area contributed by atoms with Gasteiger partial charge in [-0.25, -0.2) is 9.78 Å². The third kappa shape index (κ3) is 5.53. The molecule has 178 valence electrons. The molecule has 0 fully saturated rings. The van der Waals surface area contributed by atoms with E-state index in [1.807, 2.05) is 60.8 Å². The first-order chi connectivity index (χ1) is 17.0. The zero-order chi connectivity index (χ0) is 24.8. The number of methoxy groups -OCH3 is 1. The largest absolute Gasteiger partial charge is 0.497 e. The van der Waals surface area contributed by atoms with Gasteiger partial charge in [-0.05, 0) is 42.3 Å². The van der Waals surface area contributed by atoms with Gasteiger partial charge < -0.3 is 19.4 Å². The topological polar surface area (TPSA) is 82.4 Å². The van der Waals surface area contributed by atoms with Gasteiger partial charge in [0.2, 0.25) is 0 Å². The van der Waals surface area contributed by atoms with Crippen molar-refractivity contribution >= 4 is 29.2 Å². The van der Waals surface area contributed by atoms with Crippen LogP contribution in [0, 0.1) is 0 Å². The van der Waals surface area contributed by atoms with Crippen molar-refractivity contribution in [1.29, 1.82) is 0 Å². The van der Waals surface area contributed by atoms with E-state index in [0.29, 0.717) is 29.1 Å². The van der Waals surface area contributed by atoms with Crippen molar-refractivity contribution in [3.63, 3.8) is 0 Å². The van der Waals surface area contributed by atoms with Gasteiger partial charge in [0.1, 0.15) is 10.9 Å². The van der Waals surface area contributed by atoms with Crippen LogP contribution in [0.15, 0.2) is 79.1 Å². The molecule has 0 aliphatic carbocycles. The highest BCUT2D eigenvalue weighted by Crippen LogP contribution is 2.35. The molecule has 35 heavy (non-hydrogen) atoms. The fourth-order valence-electron chi connectivity index (χ4n) is 3.73. The molecule has 0 bridgehead atoms. The lowest BCUT2D eigenvalue weighted by atomic mass is 10.1. The van der Waals surface area contributed by atoms with Crippen LogP contribution in [0.25, 0.3) is 11.1 Å². The highest BCUT2D eigenvalue weighted by Gasteiger charge is 2.26. The van der Waals surface area contributed by atoms with E-state index >= 15 is 0 Å². The predicted octanol–water partition coefficient (Wildman–Crippen LogP) is 5.69. The Morgan fingerprint density at radius 3 is 2.46 bits per heavy atom. The molecular formula is C27H24ClN3O4. The summed E-state index contributed by atoms with van der Waals surface area (Å²) < 4.78 is 12.5. The number of nitrogens with zero attached hydrogens (tertiary/aromatic N) is 2. The summed E-state index contributed by atoms with van der Waals surface area (Å²) in [6, 6.07) is 20.1. The van der Waals surface area contributed by atoms with E-state index < -0.39 is 11.9 Å². The number of carbonyl (C=O) groups is 2. The third-order valence-electron chi connectivity index (χ3n) is 5.37. The Kier molecular flexibility index (Phi) is 7.48.